The summed E-state index contributed by atoms with van der Waals surface area (Å²) in [5.74, 6) is 0.285. The number of ether oxygens (including phenoxy) is 1. The molecule has 0 radical (unpaired) electrons. The lowest BCUT2D eigenvalue weighted by Crippen LogP contribution is -2.14. The third-order valence-corrected chi connectivity index (χ3v) is 6.85. The SMILES string of the molecule is CCCCCNc1sc(NS(=O)(=O)c2cc(C)ccc2OC)nc1-c1ccccn1. The van der Waals surface area contributed by atoms with Gasteiger partial charge in [-0.2, -0.15) is 0 Å². The van der Waals surface area contributed by atoms with Crippen LogP contribution in [0.2, 0.25) is 0 Å². The Kier molecular flexibility index (Phi) is 7.28. The van der Waals surface area contributed by atoms with Crippen molar-refractivity contribution in [1.29, 1.82) is 0 Å². The summed E-state index contributed by atoms with van der Waals surface area (Å²) in [6, 6.07) is 10.6. The topological polar surface area (TPSA) is 93.2 Å². The molecule has 0 fully saturated rings. The van der Waals surface area contributed by atoms with Crippen LogP contribution in [-0.4, -0.2) is 32.0 Å². The number of aromatic nitrogens is 2. The number of hydrogen-bond acceptors (Lipinski definition) is 7. The van der Waals surface area contributed by atoms with Crippen molar-refractivity contribution in [1.82, 2.24) is 9.97 Å². The molecule has 3 rings (SSSR count). The number of hydrogen-bond donors (Lipinski definition) is 2. The van der Waals surface area contributed by atoms with E-state index in [9.17, 15) is 8.42 Å². The molecular formula is C21H26N4O3S2. The number of thiazole rings is 1. The Hall–Kier alpha value is -2.65. The van der Waals surface area contributed by atoms with Gasteiger partial charge in [0.2, 0.25) is 0 Å². The number of anilines is 2. The van der Waals surface area contributed by atoms with Gasteiger partial charge in [-0.15, -0.1) is 0 Å². The zero-order valence-corrected chi connectivity index (χ0v) is 18.9. The third-order valence-electron chi connectivity index (χ3n) is 4.43. The summed E-state index contributed by atoms with van der Waals surface area (Å²) in [4.78, 5) is 8.98. The first kappa shape index (κ1) is 22.0. The van der Waals surface area contributed by atoms with Gasteiger partial charge in [-0.05, 0) is 43.2 Å². The normalized spacial score (nSPS) is 11.3. The molecule has 0 bridgehead atoms. The first-order valence-electron chi connectivity index (χ1n) is 9.78. The fourth-order valence-corrected chi connectivity index (χ4v) is 5.29. The van der Waals surface area contributed by atoms with Gasteiger partial charge in [0, 0.05) is 12.7 Å². The van der Waals surface area contributed by atoms with Crippen molar-refractivity contribution in [2.45, 2.75) is 38.0 Å². The van der Waals surface area contributed by atoms with Gasteiger partial charge >= 0.3 is 0 Å². The number of aryl methyl sites for hydroxylation is 1. The van der Waals surface area contributed by atoms with Gasteiger partial charge in [-0.3, -0.25) is 9.71 Å². The second-order valence-corrected chi connectivity index (χ2v) is 9.46. The molecule has 7 nitrogen and oxygen atoms in total. The highest BCUT2D eigenvalue weighted by atomic mass is 32.2. The van der Waals surface area contributed by atoms with Crippen LogP contribution in [0.1, 0.15) is 31.7 Å². The summed E-state index contributed by atoms with van der Waals surface area (Å²) in [7, 11) is -2.42. The molecular weight excluding hydrogens is 420 g/mol. The largest absolute Gasteiger partial charge is 0.495 e. The molecule has 0 saturated carbocycles. The molecule has 0 aliphatic carbocycles. The molecule has 2 heterocycles. The van der Waals surface area contributed by atoms with Crippen molar-refractivity contribution in [2.24, 2.45) is 0 Å². The van der Waals surface area contributed by atoms with Crippen LogP contribution in [0.3, 0.4) is 0 Å². The second kappa shape index (κ2) is 9.90. The average molecular weight is 447 g/mol. The summed E-state index contributed by atoms with van der Waals surface area (Å²) in [5.41, 5.74) is 2.14. The maximum Gasteiger partial charge on any atom is 0.267 e. The summed E-state index contributed by atoms with van der Waals surface area (Å²) < 4.78 is 33.9. The van der Waals surface area contributed by atoms with E-state index >= 15 is 0 Å². The monoisotopic (exact) mass is 446 g/mol. The van der Waals surface area contributed by atoms with Gasteiger partial charge in [-0.25, -0.2) is 13.4 Å². The molecule has 0 amide bonds. The molecule has 2 aromatic heterocycles. The first-order chi connectivity index (χ1) is 14.4. The van der Waals surface area contributed by atoms with Gasteiger partial charge in [0.1, 0.15) is 21.3 Å². The molecule has 0 unspecified atom stereocenters. The van der Waals surface area contributed by atoms with Crippen LogP contribution in [0, 0.1) is 6.92 Å². The number of rotatable bonds is 10. The highest BCUT2D eigenvalue weighted by molar-refractivity contribution is 7.93. The summed E-state index contributed by atoms with van der Waals surface area (Å²) in [6.45, 7) is 4.77. The highest BCUT2D eigenvalue weighted by Crippen LogP contribution is 2.36. The Bertz CT molecular complexity index is 1080. The molecule has 0 aliphatic rings. The van der Waals surface area contributed by atoms with Crippen LogP contribution in [0.25, 0.3) is 11.4 Å². The summed E-state index contributed by atoms with van der Waals surface area (Å²) >= 11 is 1.26. The minimum Gasteiger partial charge on any atom is -0.495 e. The molecule has 160 valence electrons. The van der Waals surface area contributed by atoms with Crippen molar-refractivity contribution < 1.29 is 13.2 Å². The summed E-state index contributed by atoms with van der Waals surface area (Å²) in [5, 5.41) is 4.45. The lowest BCUT2D eigenvalue weighted by molar-refractivity contribution is 0.402. The predicted molar refractivity (Wildman–Crippen MR) is 122 cm³/mol. The molecule has 2 N–H and O–H groups in total. The van der Waals surface area contributed by atoms with E-state index in [-0.39, 0.29) is 15.8 Å². The fraction of sp³-hybridized carbons (Fsp3) is 0.333. The number of sulfonamides is 1. The van der Waals surface area contributed by atoms with E-state index in [1.54, 1.807) is 24.4 Å². The van der Waals surface area contributed by atoms with Crippen molar-refractivity contribution in [3.05, 3.63) is 48.2 Å². The molecule has 0 spiro atoms. The number of pyridine rings is 1. The number of unbranched alkanes of at least 4 members (excludes halogenated alkanes) is 2. The molecule has 0 saturated heterocycles. The predicted octanol–water partition coefficient (Wildman–Crippen LogP) is 4.93. The van der Waals surface area contributed by atoms with Crippen LogP contribution >= 0.6 is 11.3 Å². The van der Waals surface area contributed by atoms with E-state index in [4.69, 9.17) is 4.74 Å². The minimum absolute atomic E-state index is 0.0806. The Morgan fingerprint density at radius 1 is 1.17 bits per heavy atom. The van der Waals surface area contributed by atoms with Crippen LogP contribution in [0.5, 0.6) is 5.75 Å². The number of nitrogens with one attached hydrogen (secondary N) is 2. The quantitative estimate of drug-likeness (QED) is 0.429. The van der Waals surface area contributed by atoms with Crippen molar-refractivity contribution in [3.63, 3.8) is 0 Å². The van der Waals surface area contributed by atoms with Crippen LogP contribution in [-0.2, 0) is 10.0 Å². The van der Waals surface area contributed by atoms with E-state index in [1.165, 1.54) is 18.4 Å². The zero-order valence-electron chi connectivity index (χ0n) is 17.3. The molecule has 0 atom stereocenters. The van der Waals surface area contributed by atoms with Gasteiger partial charge in [0.15, 0.2) is 5.13 Å². The average Bonchev–Trinajstić information content (AvgIpc) is 3.13. The highest BCUT2D eigenvalue weighted by Gasteiger charge is 2.23. The van der Waals surface area contributed by atoms with Crippen LogP contribution in [0.4, 0.5) is 10.1 Å². The van der Waals surface area contributed by atoms with Gasteiger partial charge in [0.05, 0.1) is 12.8 Å². The lowest BCUT2D eigenvalue weighted by atomic mass is 10.2. The van der Waals surface area contributed by atoms with E-state index in [0.29, 0.717) is 11.4 Å². The molecule has 0 aliphatic heterocycles. The standard InChI is InChI=1S/C21H26N4O3S2/c1-4-5-7-13-23-20-19(16-9-6-8-12-22-16)24-21(29-20)25-30(26,27)18-14-15(2)10-11-17(18)28-3/h6,8-12,14,23H,4-5,7,13H2,1-3H3,(H,24,25). The van der Waals surface area contributed by atoms with Crippen LogP contribution < -0.4 is 14.8 Å². The van der Waals surface area contributed by atoms with Crippen molar-refractivity contribution in [2.75, 3.05) is 23.7 Å². The molecule has 9 heteroatoms. The lowest BCUT2D eigenvalue weighted by Gasteiger charge is -2.10. The van der Waals surface area contributed by atoms with Crippen LogP contribution in [0.15, 0.2) is 47.5 Å². The molecule has 1 aromatic carbocycles. The number of nitrogens with zero attached hydrogens (tertiary/aromatic N) is 2. The minimum atomic E-state index is -3.87. The Labute approximate surface area is 181 Å². The van der Waals surface area contributed by atoms with E-state index in [0.717, 1.165) is 36.4 Å². The van der Waals surface area contributed by atoms with E-state index in [2.05, 4.69) is 26.9 Å². The maximum atomic E-state index is 13.0. The van der Waals surface area contributed by atoms with Gasteiger partial charge < -0.3 is 10.1 Å². The Morgan fingerprint density at radius 2 is 2.00 bits per heavy atom. The van der Waals surface area contributed by atoms with Crippen molar-refractivity contribution >= 4 is 31.5 Å². The fourth-order valence-electron chi connectivity index (χ4n) is 2.90. The Balaban J connectivity index is 1.92. The van der Waals surface area contributed by atoms with E-state index in [1.807, 2.05) is 25.1 Å². The molecule has 3 aromatic rings. The maximum absolute atomic E-state index is 13.0. The van der Waals surface area contributed by atoms with E-state index < -0.39 is 10.0 Å². The van der Waals surface area contributed by atoms with Gasteiger partial charge in [0.25, 0.3) is 10.0 Å². The first-order valence-corrected chi connectivity index (χ1v) is 12.1. The van der Waals surface area contributed by atoms with Crippen molar-refractivity contribution in [3.8, 4) is 17.1 Å². The Morgan fingerprint density at radius 3 is 2.70 bits per heavy atom. The van der Waals surface area contributed by atoms with Gasteiger partial charge in [-0.1, -0.05) is 43.2 Å². The second-order valence-electron chi connectivity index (χ2n) is 6.81. The third kappa shape index (κ3) is 5.28. The number of methoxy groups -OCH3 is 1. The number of benzene rings is 1. The molecule has 30 heavy (non-hydrogen) atoms. The zero-order chi connectivity index (χ0) is 21.6. The summed E-state index contributed by atoms with van der Waals surface area (Å²) in [6.07, 6.45) is 4.97. The smallest absolute Gasteiger partial charge is 0.267 e.